The largest absolute Gasteiger partial charge is 0.481 e. The van der Waals surface area contributed by atoms with Crippen molar-refractivity contribution in [3.05, 3.63) is 28.5 Å². The average molecular weight is 362 g/mol. The fourth-order valence-electron chi connectivity index (χ4n) is 1.49. The Labute approximate surface area is 124 Å². The maximum Gasteiger partial charge on any atom is 0.260 e. The minimum absolute atomic E-state index is 0.0287. The monoisotopic (exact) mass is 361 g/mol. The Hall–Kier alpha value is -1.52. The van der Waals surface area contributed by atoms with Gasteiger partial charge in [-0.05, 0) is 21.5 Å². The highest BCUT2D eigenvalue weighted by atomic mass is 79.9. The zero-order valence-corrected chi connectivity index (χ0v) is 13.1. The number of ether oxygens (including phenoxy) is 1. The van der Waals surface area contributed by atoms with Gasteiger partial charge in [0.2, 0.25) is 10.9 Å². The van der Waals surface area contributed by atoms with Crippen LogP contribution in [-0.2, 0) is 23.6 Å². The Balaban J connectivity index is 2.13. The van der Waals surface area contributed by atoms with Crippen LogP contribution in [0.2, 0.25) is 0 Å². The van der Waals surface area contributed by atoms with Crippen molar-refractivity contribution in [1.82, 2.24) is 24.7 Å². The highest BCUT2D eigenvalue weighted by Gasteiger charge is 2.23. The highest BCUT2D eigenvalue weighted by molar-refractivity contribution is 9.10. The van der Waals surface area contributed by atoms with Crippen LogP contribution in [-0.4, -0.2) is 35.5 Å². The number of sulfonamides is 1. The van der Waals surface area contributed by atoms with Gasteiger partial charge in [-0.25, -0.2) is 22.8 Å². The Kier molecular flexibility index (Phi) is 4.35. The summed E-state index contributed by atoms with van der Waals surface area (Å²) in [4.78, 5) is 4.00. The Morgan fingerprint density at radius 1 is 1.45 bits per heavy atom. The fourth-order valence-corrected chi connectivity index (χ4v) is 3.60. The van der Waals surface area contributed by atoms with Gasteiger partial charge in [-0.1, -0.05) is 11.3 Å². The molecule has 2 aromatic rings. The summed E-state index contributed by atoms with van der Waals surface area (Å²) in [5.74, 6) is 0.468. The SMILES string of the molecule is COc1ccc(CNS(=O)(=O)c2c(Br)nnn2C)cn1. The van der Waals surface area contributed by atoms with Crippen LogP contribution >= 0.6 is 15.9 Å². The molecular weight excluding hydrogens is 350 g/mol. The minimum atomic E-state index is -3.71. The number of hydrogen-bond donors (Lipinski definition) is 1. The van der Waals surface area contributed by atoms with Gasteiger partial charge < -0.3 is 4.74 Å². The normalized spacial score (nSPS) is 11.6. The number of aromatic nitrogens is 4. The van der Waals surface area contributed by atoms with Gasteiger partial charge in [-0.2, -0.15) is 0 Å². The topological polar surface area (TPSA) is 99.0 Å². The van der Waals surface area contributed by atoms with Crippen molar-refractivity contribution in [3.8, 4) is 5.88 Å². The number of nitrogens with one attached hydrogen (secondary N) is 1. The van der Waals surface area contributed by atoms with Gasteiger partial charge in [-0.3, -0.25) is 0 Å². The van der Waals surface area contributed by atoms with E-state index in [4.69, 9.17) is 4.74 Å². The number of nitrogens with zero attached hydrogens (tertiary/aromatic N) is 4. The van der Waals surface area contributed by atoms with E-state index < -0.39 is 10.0 Å². The van der Waals surface area contributed by atoms with E-state index >= 15 is 0 Å². The first-order valence-corrected chi connectivity index (χ1v) is 7.75. The van der Waals surface area contributed by atoms with Crippen LogP contribution in [0, 0.1) is 0 Å². The van der Waals surface area contributed by atoms with Crippen LogP contribution in [0.15, 0.2) is 28.0 Å². The molecule has 0 bridgehead atoms. The number of pyridine rings is 1. The second-order valence-corrected chi connectivity index (χ2v) is 6.28. The summed E-state index contributed by atoms with van der Waals surface area (Å²) in [5.41, 5.74) is 0.709. The van der Waals surface area contributed by atoms with Gasteiger partial charge in [0.15, 0.2) is 4.60 Å². The second kappa shape index (κ2) is 5.85. The molecule has 0 amide bonds. The molecule has 1 N–H and O–H groups in total. The number of rotatable bonds is 5. The molecule has 0 aliphatic heterocycles. The summed E-state index contributed by atoms with van der Waals surface area (Å²) in [6.45, 7) is 0.108. The lowest BCUT2D eigenvalue weighted by Gasteiger charge is -2.07. The predicted octanol–water partition coefficient (Wildman–Crippen LogP) is 0.460. The van der Waals surface area contributed by atoms with E-state index in [0.717, 1.165) is 0 Å². The molecule has 2 heterocycles. The molecule has 0 saturated carbocycles. The summed E-state index contributed by atoms with van der Waals surface area (Å²) in [7, 11) is -0.697. The van der Waals surface area contributed by atoms with Gasteiger partial charge >= 0.3 is 0 Å². The Morgan fingerprint density at radius 3 is 2.70 bits per heavy atom. The van der Waals surface area contributed by atoms with Crippen molar-refractivity contribution in [2.45, 2.75) is 11.6 Å². The smallest absolute Gasteiger partial charge is 0.260 e. The molecule has 2 aromatic heterocycles. The molecule has 0 aromatic carbocycles. The first-order valence-electron chi connectivity index (χ1n) is 5.48. The lowest BCUT2D eigenvalue weighted by Crippen LogP contribution is -2.25. The van der Waals surface area contributed by atoms with Crippen LogP contribution in [0.5, 0.6) is 5.88 Å². The van der Waals surface area contributed by atoms with E-state index in [1.54, 1.807) is 12.1 Å². The zero-order valence-electron chi connectivity index (χ0n) is 10.7. The van der Waals surface area contributed by atoms with Crippen molar-refractivity contribution in [3.63, 3.8) is 0 Å². The highest BCUT2D eigenvalue weighted by Crippen LogP contribution is 2.18. The molecule has 108 valence electrons. The molecule has 0 spiro atoms. The number of hydrogen-bond acceptors (Lipinski definition) is 6. The lowest BCUT2D eigenvalue weighted by atomic mass is 10.3. The first kappa shape index (κ1) is 14.9. The van der Waals surface area contributed by atoms with Crippen LogP contribution in [0.25, 0.3) is 0 Å². The van der Waals surface area contributed by atoms with E-state index in [2.05, 4.69) is 35.9 Å². The molecule has 10 heteroatoms. The molecule has 0 aliphatic rings. The average Bonchev–Trinajstić information content (AvgIpc) is 2.77. The van der Waals surface area contributed by atoms with E-state index in [1.807, 2.05) is 0 Å². The third kappa shape index (κ3) is 3.14. The summed E-state index contributed by atoms with van der Waals surface area (Å²) in [6.07, 6.45) is 1.54. The molecule has 8 nitrogen and oxygen atoms in total. The van der Waals surface area contributed by atoms with Crippen LogP contribution in [0.1, 0.15) is 5.56 Å². The van der Waals surface area contributed by atoms with E-state index in [1.165, 1.54) is 25.0 Å². The second-order valence-electron chi connectivity index (χ2n) is 3.84. The molecule has 0 atom stereocenters. The van der Waals surface area contributed by atoms with Gasteiger partial charge in [0.05, 0.1) is 7.11 Å². The number of halogens is 1. The summed E-state index contributed by atoms with van der Waals surface area (Å²) in [5, 5.41) is 7.24. The Morgan fingerprint density at radius 2 is 2.20 bits per heavy atom. The van der Waals surface area contributed by atoms with E-state index in [9.17, 15) is 8.42 Å². The van der Waals surface area contributed by atoms with Crippen LogP contribution in [0.4, 0.5) is 0 Å². The van der Waals surface area contributed by atoms with Crippen molar-refractivity contribution < 1.29 is 13.2 Å². The van der Waals surface area contributed by atoms with Crippen LogP contribution in [0.3, 0.4) is 0 Å². The van der Waals surface area contributed by atoms with Gasteiger partial charge in [0, 0.05) is 25.9 Å². The molecule has 2 rings (SSSR count). The minimum Gasteiger partial charge on any atom is -0.481 e. The van der Waals surface area contributed by atoms with Crippen LogP contribution < -0.4 is 9.46 Å². The Bertz CT molecular complexity index is 679. The molecule has 0 saturated heterocycles. The third-order valence-electron chi connectivity index (χ3n) is 2.46. The molecule has 0 unspecified atom stereocenters. The molecule has 0 radical (unpaired) electrons. The summed E-state index contributed by atoms with van der Waals surface area (Å²) < 4.78 is 33.0. The quantitative estimate of drug-likeness (QED) is 0.830. The van der Waals surface area contributed by atoms with Gasteiger partial charge in [-0.15, -0.1) is 5.10 Å². The number of aryl methyl sites for hydroxylation is 1. The van der Waals surface area contributed by atoms with Crippen molar-refractivity contribution in [2.75, 3.05) is 7.11 Å². The van der Waals surface area contributed by atoms with Crippen molar-refractivity contribution in [2.24, 2.45) is 7.05 Å². The fraction of sp³-hybridized carbons (Fsp3) is 0.300. The maximum atomic E-state index is 12.1. The van der Waals surface area contributed by atoms with Gasteiger partial charge in [0.25, 0.3) is 10.0 Å². The predicted molar refractivity (Wildman–Crippen MR) is 73.5 cm³/mol. The maximum absolute atomic E-state index is 12.1. The third-order valence-corrected chi connectivity index (χ3v) is 4.75. The van der Waals surface area contributed by atoms with Crippen molar-refractivity contribution in [1.29, 1.82) is 0 Å². The molecule has 0 aliphatic carbocycles. The standard InChI is InChI=1S/C10H12BrN5O3S/c1-16-10(9(11)14-15-16)20(17,18)13-6-7-3-4-8(19-2)12-5-7/h3-5,13H,6H2,1-2H3. The first-order chi connectivity index (χ1) is 9.44. The van der Waals surface area contributed by atoms with Gasteiger partial charge in [0.1, 0.15) is 0 Å². The van der Waals surface area contributed by atoms with E-state index in [-0.39, 0.29) is 16.2 Å². The molecular formula is C10H12BrN5O3S. The summed E-state index contributed by atoms with van der Waals surface area (Å²) >= 11 is 3.06. The van der Waals surface area contributed by atoms with Crippen molar-refractivity contribution >= 4 is 26.0 Å². The number of methoxy groups -OCH3 is 1. The zero-order chi connectivity index (χ0) is 14.8. The van der Waals surface area contributed by atoms with E-state index in [0.29, 0.717) is 11.4 Å². The molecule has 0 fully saturated rings. The lowest BCUT2D eigenvalue weighted by molar-refractivity contribution is 0.397. The molecule has 20 heavy (non-hydrogen) atoms. The summed E-state index contributed by atoms with van der Waals surface area (Å²) in [6, 6.07) is 3.38.